The summed E-state index contributed by atoms with van der Waals surface area (Å²) < 4.78 is 9.15. The molecule has 0 saturated carbocycles. The lowest BCUT2D eigenvalue weighted by Crippen LogP contribution is -2.65. The fourth-order valence-corrected chi connectivity index (χ4v) is 9.21. The minimum absolute atomic E-state index is 0.0371. The van der Waals surface area contributed by atoms with Crippen LogP contribution in [-0.2, 0) is 21.4 Å². The molecule has 18 heteroatoms. The number of aryl methyl sites for hydroxylation is 1. The van der Waals surface area contributed by atoms with Crippen molar-refractivity contribution >= 4 is 57.6 Å². The molecule has 4 amide bonds. The third-order valence-corrected chi connectivity index (χ3v) is 12.1. The van der Waals surface area contributed by atoms with Gasteiger partial charge in [-0.1, -0.05) is 0 Å². The number of rotatable bonds is 9. The molecule has 298 valence electrons. The van der Waals surface area contributed by atoms with Gasteiger partial charge in [0.1, 0.15) is 11.9 Å². The first-order valence-corrected chi connectivity index (χ1v) is 19.6. The lowest BCUT2D eigenvalue weighted by molar-refractivity contribution is -0.135. The summed E-state index contributed by atoms with van der Waals surface area (Å²) in [5, 5.41) is 11.0. The zero-order valence-electron chi connectivity index (χ0n) is 31.8. The van der Waals surface area contributed by atoms with Gasteiger partial charge in [0, 0.05) is 82.7 Å². The van der Waals surface area contributed by atoms with Crippen molar-refractivity contribution in [3.8, 4) is 0 Å². The number of nitrogens with two attached hydrogens (primary N) is 1. The predicted molar refractivity (Wildman–Crippen MR) is 209 cm³/mol. The lowest BCUT2D eigenvalue weighted by Gasteiger charge is -2.48. The van der Waals surface area contributed by atoms with E-state index in [-0.39, 0.29) is 41.5 Å². The molecule has 2 atom stereocenters. The maximum absolute atomic E-state index is 13.3. The number of ether oxygens (including phenoxy) is 1. The number of benzene rings is 1. The van der Waals surface area contributed by atoms with Crippen LogP contribution >= 0.6 is 0 Å². The third-order valence-electron chi connectivity index (χ3n) is 12.1. The number of anilines is 4. The van der Waals surface area contributed by atoms with Gasteiger partial charge in [-0.25, -0.2) is 14.8 Å². The summed E-state index contributed by atoms with van der Waals surface area (Å²) in [4.78, 5) is 80.5. The lowest BCUT2D eigenvalue weighted by atomic mass is 9.89. The number of nitrogens with zero attached hydrogens (tertiary/aromatic N) is 9. The summed E-state index contributed by atoms with van der Waals surface area (Å²) in [6, 6.07) is 7.01. The smallest absolute Gasteiger partial charge is 0.410 e. The molecule has 57 heavy (non-hydrogen) atoms. The van der Waals surface area contributed by atoms with Crippen LogP contribution in [0.2, 0.25) is 0 Å². The van der Waals surface area contributed by atoms with Crippen molar-refractivity contribution in [3.63, 3.8) is 0 Å². The topological polar surface area (TPSA) is 206 Å². The number of primary amides is 1. The monoisotopic (exact) mass is 778 g/mol. The minimum atomic E-state index is -0.686. The van der Waals surface area contributed by atoms with Crippen molar-refractivity contribution in [2.75, 3.05) is 67.5 Å². The number of amides is 4. The number of aromatic nitrogens is 5. The van der Waals surface area contributed by atoms with Gasteiger partial charge in [-0.3, -0.25) is 39.0 Å². The highest BCUT2D eigenvalue weighted by atomic mass is 16.6. The van der Waals surface area contributed by atoms with Gasteiger partial charge in [-0.05, 0) is 67.7 Å². The van der Waals surface area contributed by atoms with Crippen LogP contribution in [0.15, 0.2) is 53.8 Å². The fourth-order valence-electron chi connectivity index (χ4n) is 9.21. The van der Waals surface area contributed by atoms with E-state index in [1.807, 2.05) is 29.2 Å². The fraction of sp³-hybridized carbons (Fsp3) is 0.487. The highest BCUT2D eigenvalue weighted by Crippen LogP contribution is 2.37. The zero-order chi connectivity index (χ0) is 39.4. The van der Waals surface area contributed by atoms with E-state index in [9.17, 15) is 24.0 Å². The molecule has 1 spiro atoms. The molecule has 5 fully saturated rings. The van der Waals surface area contributed by atoms with E-state index < -0.39 is 23.5 Å². The number of imide groups is 1. The van der Waals surface area contributed by atoms with Crippen molar-refractivity contribution in [1.82, 2.24) is 39.4 Å². The van der Waals surface area contributed by atoms with Crippen LogP contribution in [0.5, 0.6) is 0 Å². The number of likely N-dealkylation sites (tertiary alicyclic amines) is 1. The van der Waals surface area contributed by atoms with Gasteiger partial charge < -0.3 is 30.2 Å². The second kappa shape index (κ2) is 14.5. The van der Waals surface area contributed by atoms with E-state index in [0.717, 1.165) is 76.0 Å². The molecule has 0 aliphatic carbocycles. The van der Waals surface area contributed by atoms with E-state index in [2.05, 4.69) is 35.4 Å². The summed E-state index contributed by atoms with van der Waals surface area (Å²) in [6.45, 7) is 6.06. The molecule has 0 bridgehead atoms. The first kappa shape index (κ1) is 36.6. The van der Waals surface area contributed by atoms with Crippen LogP contribution in [-0.4, -0.2) is 122 Å². The summed E-state index contributed by atoms with van der Waals surface area (Å²) in [5.74, 6) is -0.0557. The van der Waals surface area contributed by atoms with Crippen molar-refractivity contribution in [1.29, 1.82) is 0 Å². The maximum Gasteiger partial charge on any atom is 0.410 e. The standard InChI is InChI=1S/C39H46N12O6/c1-46-19-26(16-42-46)43-35-33(34(40)53)41-17-31(44-35)49-11-2-3-28(20-49)51-23-39(57-38(51)56)21-47(22-39)18-24-8-12-48(13-9-24)27-4-5-29-25(15-27)10-14-50(37(29)55)30-6-7-32(52)45-36(30)54/h4-5,10,14-17,19,24,28,30H,2-3,6-9,11-13,18,20-23H2,1H3,(H2,40,53)(H,43,44)(H,45,52,54)/t28-,30?/m1/s1. The molecule has 1 aromatic carbocycles. The molecule has 18 nitrogen and oxygen atoms in total. The van der Waals surface area contributed by atoms with Gasteiger partial charge in [-0.15, -0.1) is 0 Å². The van der Waals surface area contributed by atoms with Crippen molar-refractivity contribution in [2.45, 2.75) is 56.2 Å². The van der Waals surface area contributed by atoms with E-state index in [1.54, 1.807) is 36.5 Å². The molecule has 5 aliphatic rings. The number of fused-ring (bicyclic) bond motifs is 1. The molecular weight excluding hydrogens is 733 g/mol. The summed E-state index contributed by atoms with van der Waals surface area (Å²) >= 11 is 0. The number of pyridine rings is 1. The van der Waals surface area contributed by atoms with Crippen LogP contribution < -0.4 is 31.7 Å². The first-order valence-electron chi connectivity index (χ1n) is 19.6. The van der Waals surface area contributed by atoms with E-state index in [1.165, 1.54) is 4.57 Å². The number of piperidine rings is 3. The van der Waals surface area contributed by atoms with Crippen LogP contribution in [0.1, 0.15) is 55.1 Å². The Morgan fingerprint density at radius 2 is 1.84 bits per heavy atom. The Hall–Kier alpha value is -6.04. The molecule has 5 saturated heterocycles. The Morgan fingerprint density at radius 1 is 1.02 bits per heavy atom. The summed E-state index contributed by atoms with van der Waals surface area (Å²) in [6.07, 6.45) is 10.6. The molecule has 1 unspecified atom stereocenters. The number of hydrogen-bond acceptors (Lipinski definition) is 13. The molecule has 4 N–H and O–H groups in total. The van der Waals surface area contributed by atoms with E-state index >= 15 is 0 Å². The van der Waals surface area contributed by atoms with Gasteiger partial charge in [-0.2, -0.15) is 5.10 Å². The van der Waals surface area contributed by atoms with Crippen molar-refractivity contribution in [2.24, 2.45) is 18.7 Å². The van der Waals surface area contributed by atoms with Crippen LogP contribution in [0.4, 0.5) is 27.8 Å². The maximum atomic E-state index is 13.3. The number of carbonyl (C=O) groups excluding carboxylic acids is 4. The zero-order valence-corrected chi connectivity index (χ0v) is 31.8. The summed E-state index contributed by atoms with van der Waals surface area (Å²) in [7, 11) is 1.79. The Balaban J connectivity index is 0.772. The number of carbonyl (C=O) groups is 4. The normalized spacial score (nSPS) is 22.8. The molecule has 4 aromatic rings. The Morgan fingerprint density at radius 3 is 2.60 bits per heavy atom. The second-order valence-corrected chi connectivity index (χ2v) is 16.1. The number of hydrogen-bond donors (Lipinski definition) is 3. The molecule has 8 heterocycles. The molecule has 5 aliphatic heterocycles. The number of nitrogens with one attached hydrogen (secondary N) is 2. The predicted octanol–water partition coefficient (Wildman–Crippen LogP) is 1.74. The van der Waals surface area contributed by atoms with Crippen molar-refractivity contribution in [3.05, 3.63) is 65.1 Å². The molecule has 0 radical (unpaired) electrons. The first-order chi connectivity index (χ1) is 27.5. The van der Waals surface area contributed by atoms with Crippen LogP contribution in [0, 0.1) is 5.92 Å². The van der Waals surface area contributed by atoms with E-state index in [0.29, 0.717) is 42.3 Å². The van der Waals surface area contributed by atoms with Gasteiger partial charge >= 0.3 is 6.09 Å². The highest BCUT2D eigenvalue weighted by molar-refractivity contribution is 5.99. The largest absolute Gasteiger partial charge is 0.438 e. The minimum Gasteiger partial charge on any atom is -0.438 e. The molecular formula is C39H46N12O6. The second-order valence-electron chi connectivity index (χ2n) is 16.1. The van der Waals surface area contributed by atoms with Gasteiger partial charge in [0.25, 0.3) is 11.5 Å². The van der Waals surface area contributed by atoms with Gasteiger partial charge in [0.2, 0.25) is 11.8 Å². The average molecular weight is 779 g/mol. The SMILES string of the molecule is Cn1cc(Nc2nc(N3CCC[C@@H](N4CC5(CN(CC6CCN(c7ccc8c(=O)n(C9CCC(=O)NC9=O)ccc8c7)CC6)C5)OC4=O)C3)cnc2C(N)=O)cn1. The Bertz CT molecular complexity index is 2310. The average Bonchev–Trinajstić information content (AvgIpc) is 3.77. The van der Waals surface area contributed by atoms with Crippen LogP contribution in [0.25, 0.3) is 10.8 Å². The van der Waals surface area contributed by atoms with E-state index in [4.69, 9.17) is 15.5 Å². The molecule has 9 rings (SSSR count). The third kappa shape index (κ3) is 7.13. The van der Waals surface area contributed by atoms with Gasteiger partial charge in [0.15, 0.2) is 17.1 Å². The van der Waals surface area contributed by atoms with Crippen molar-refractivity contribution < 1.29 is 23.9 Å². The van der Waals surface area contributed by atoms with Gasteiger partial charge in [0.05, 0.1) is 30.7 Å². The molecule has 3 aromatic heterocycles. The Labute approximate surface area is 327 Å². The quantitative estimate of drug-likeness (QED) is 0.207. The summed E-state index contributed by atoms with van der Waals surface area (Å²) in [5.41, 5.74) is 6.63. The highest BCUT2D eigenvalue weighted by Gasteiger charge is 2.55. The Kier molecular flexibility index (Phi) is 9.29. The van der Waals surface area contributed by atoms with Crippen LogP contribution in [0.3, 0.4) is 0 Å².